The Labute approximate surface area is 247 Å². The zero-order valence-corrected chi connectivity index (χ0v) is 24.2. The highest BCUT2D eigenvalue weighted by molar-refractivity contribution is 5.98. The van der Waals surface area contributed by atoms with Crippen molar-refractivity contribution >= 4 is 30.1 Å². The van der Waals surface area contributed by atoms with E-state index in [1.54, 1.807) is 6.92 Å². The third-order valence-corrected chi connectivity index (χ3v) is 7.98. The predicted octanol–water partition coefficient (Wildman–Crippen LogP) is 1.22. The minimum Gasteiger partial charge on any atom is -0.479 e. The van der Waals surface area contributed by atoms with Gasteiger partial charge in [-0.15, -0.1) is 0 Å². The van der Waals surface area contributed by atoms with E-state index in [0.29, 0.717) is 6.42 Å². The minimum absolute atomic E-state index is 0.0383. The molecule has 2 bridgehead atoms. The van der Waals surface area contributed by atoms with E-state index in [2.05, 4.69) is 5.32 Å². The zero-order valence-electron chi connectivity index (χ0n) is 24.2. The van der Waals surface area contributed by atoms with Gasteiger partial charge in [-0.2, -0.15) is 0 Å². The number of carbonyl (C=O) groups is 4. The number of aliphatic hydroxyl groups excluding tert-OH is 2. The molecule has 3 unspecified atom stereocenters. The molecule has 1 aromatic carbocycles. The Morgan fingerprint density at radius 1 is 1.02 bits per heavy atom. The molecule has 0 spiro atoms. The van der Waals surface area contributed by atoms with E-state index >= 15 is 0 Å². The van der Waals surface area contributed by atoms with Crippen LogP contribution in [0.1, 0.15) is 52.5 Å². The number of ether oxygens (including phenoxy) is 3. The Morgan fingerprint density at radius 3 is 2.19 bits per heavy atom. The van der Waals surface area contributed by atoms with Gasteiger partial charge in [0.2, 0.25) is 17.5 Å². The summed E-state index contributed by atoms with van der Waals surface area (Å²) in [5.74, 6) is -9.97. The number of allylic oxidation sites excluding steroid dienone is 1. The predicted molar refractivity (Wildman–Crippen MR) is 147 cm³/mol. The summed E-state index contributed by atoms with van der Waals surface area (Å²) in [6.07, 6.45) is -5.83. The van der Waals surface area contributed by atoms with Crippen LogP contribution < -0.4 is 5.32 Å². The molecule has 9 atom stereocenters. The molecule has 2 fully saturated rings. The molecule has 2 saturated heterocycles. The lowest BCUT2D eigenvalue weighted by Crippen LogP contribution is -2.78. The zero-order chi connectivity index (χ0) is 32.3. The van der Waals surface area contributed by atoms with Gasteiger partial charge in [-0.05, 0) is 44.1 Å². The quantitative estimate of drug-likeness (QED) is 0.167. The maximum Gasteiger partial charge on any atom is 0.407 e. The first-order valence-electron chi connectivity index (χ1n) is 13.9. The first-order chi connectivity index (χ1) is 20.0. The number of hydrogen-bond acceptors (Lipinski definition) is 10. The van der Waals surface area contributed by atoms with E-state index in [-0.39, 0.29) is 12.3 Å². The van der Waals surface area contributed by atoms with Crippen molar-refractivity contribution in [2.45, 2.75) is 94.4 Å². The Kier molecular flexibility index (Phi) is 10.2. The number of rotatable bonds is 13. The highest BCUT2D eigenvalue weighted by Gasteiger charge is 2.85. The number of fused-ring (bicyclic) bond motifs is 2. The lowest BCUT2D eigenvalue weighted by molar-refractivity contribution is -0.374. The number of carbonyl (C=O) groups excluding carboxylic acids is 1. The fourth-order valence-corrected chi connectivity index (χ4v) is 5.61. The van der Waals surface area contributed by atoms with E-state index in [4.69, 9.17) is 14.2 Å². The lowest BCUT2D eigenvalue weighted by Gasteiger charge is -2.48. The number of aliphatic hydroxyl groups is 3. The Balaban J connectivity index is 1.91. The van der Waals surface area contributed by atoms with Crippen LogP contribution in [-0.4, -0.2) is 102 Å². The van der Waals surface area contributed by atoms with Crippen LogP contribution in [-0.2, 0) is 28.6 Å². The Hall–Kier alpha value is -3.56. The molecular weight excluding hydrogens is 570 g/mol. The smallest absolute Gasteiger partial charge is 0.407 e. The van der Waals surface area contributed by atoms with Crippen molar-refractivity contribution in [3.05, 3.63) is 42.0 Å². The highest BCUT2D eigenvalue weighted by atomic mass is 16.8. The van der Waals surface area contributed by atoms with E-state index < -0.39 is 83.8 Å². The molecule has 7 N–H and O–H groups in total. The second-order valence-corrected chi connectivity index (χ2v) is 11.5. The van der Waals surface area contributed by atoms with Crippen molar-refractivity contribution in [2.24, 2.45) is 11.8 Å². The van der Waals surface area contributed by atoms with Gasteiger partial charge in [-0.1, -0.05) is 56.3 Å². The van der Waals surface area contributed by atoms with Crippen molar-refractivity contribution in [3.8, 4) is 0 Å². The number of carboxylic acid groups (broad SMARTS) is 3. The summed E-state index contributed by atoms with van der Waals surface area (Å²) in [7, 11) is 0. The van der Waals surface area contributed by atoms with Crippen molar-refractivity contribution in [2.75, 3.05) is 0 Å². The van der Waals surface area contributed by atoms with Crippen molar-refractivity contribution < 1.29 is 64.0 Å². The van der Waals surface area contributed by atoms with Crippen LogP contribution in [0.5, 0.6) is 0 Å². The van der Waals surface area contributed by atoms with Gasteiger partial charge in [-0.25, -0.2) is 19.2 Å². The van der Waals surface area contributed by atoms with Crippen molar-refractivity contribution in [1.29, 1.82) is 0 Å². The van der Waals surface area contributed by atoms with Crippen molar-refractivity contribution in [3.63, 3.8) is 0 Å². The SMILES string of the molecule is CC(C)NC(=O)O[C@@H]1[C@@H](O)[C@@]2(CCC(C)C(O)C(C)CC=Cc3ccccc3)O[C@H](C(=O)O)[C@@](O)(C(=O)O)[C@]1(C(=O)O)O2. The van der Waals surface area contributed by atoms with Gasteiger partial charge < -0.3 is 50.2 Å². The van der Waals surface area contributed by atoms with Crippen LogP contribution >= 0.6 is 0 Å². The molecule has 43 heavy (non-hydrogen) atoms. The van der Waals surface area contributed by atoms with Crippen LogP contribution in [0, 0.1) is 11.8 Å². The maximum atomic E-state index is 12.7. The summed E-state index contributed by atoms with van der Waals surface area (Å²) >= 11 is 0. The van der Waals surface area contributed by atoms with Crippen LogP contribution in [0.15, 0.2) is 36.4 Å². The number of alkyl carbamates (subject to hydrolysis) is 1. The van der Waals surface area contributed by atoms with Gasteiger partial charge in [-0.3, -0.25) is 0 Å². The number of aliphatic carboxylic acids is 3. The van der Waals surface area contributed by atoms with Crippen LogP contribution in [0.2, 0.25) is 0 Å². The largest absolute Gasteiger partial charge is 0.479 e. The van der Waals surface area contributed by atoms with Gasteiger partial charge in [0, 0.05) is 12.5 Å². The van der Waals surface area contributed by atoms with Gasteiger partial charge in [0.05, 0.1) is 6.10 Å². The molecule has 1 aromatic rings. The summed E-state index contributed by atoms with van der Waals surface area (Å²) in [6, 6.07) is 8.99. The van der Waals surface area contributed by atoms with Gasteiger partial charge >= 0.3 is 24.0 Å². The molecule has 0 aromatic heterocycles. The summed E-state index contributed by atoms with van der Waals surface area (Å²) in [5, 5.41) is 65.8. The van der Waals surface area contributed by atoms with Gasteiger partial charge in [0.1, 0.15) is 6.10 Å². The Bertz CT molecular complexity index is 1220. The average Bonchev–Trinajstić information content (AvgIpc) is 3.15. The lowest BCUT2D eigenvalue weighted by atomic mass is 9.74. The number of amides is 1. The van der Waals surface area contributed by atoms with E-state index in [9.17, 15) is 49.8 Å². The Morgan fingerprint density at radius 2 is 1.65 bits per heavy atom. The molecule has 2 aliphatic rings. The fourth-order valence-electron chi connectivity index (χ4n) is 5.61. The molecule has 0 saturated carbocycles. The molecule has 2 aliphatic heterocycles. The third-order valence-electron chi connectivity index (χ3n) is 7.98. The fraction of sp³-hybridized carbons (Fsp3) is 0.586. The topological polar surface area (TPSA) is 229 Å². The highest BCUT2D eigenvalue weighted by Crippen LogP contribution is 2.55. The average molecular weight is 610 g/mol. The number of carboxylic acids is 3. The monoisotopic (exact) mass is 609 g/mol. The molecular formula is C29H39NO13. The maximum absolute atomic E-state index is 12.7. The summed E-state index contributed by atoms with van der Waals surface area (Å²) in [6.45, 7) is 6.56. The van der Waals surface area contributed by atoms with E-state index in [0.717, 1.165) is 5.56 Å². The standard InChI is InChI=1S/C29H39NO13/c1-15(2)30-26(39)41-21-20(32)27(42-22(23(33)34)28(40,24(35)36)29(21,43-27)25(37)38)14-13-17(4)19(31)16(3)9-8-12-18-10-6-5-7-11-18/h5-8,10-12,15-17,19-22,31-32,40H,9,13-14H2,1-4H3,(H,30,39)(H,33,34)(H,35,36)(H,37,38)/t16?,17?,19?,20-,21-,22-,27+,28-,29+/m1/s1. The van der Waals surface area contributed by atoms with E-state index in [1.165, 1.54) is 13.8 Å². The minimum atomic E-state index is -3.85. The molecule has 0 radical (unpaired) electrons. The molecule has 1 amide bonds. The molecule has 2 heterocycles. The number of nitrogens with one attached hydrogen (secondary N) is 1. The van der Waals surface area contributed by atoms with Crippen LogP contribution in [0.4, 0.5) is 4.79 Å². The number of benzene rings is 1. The van der Waals surface area contributed by atoms with Crippen LogP contribution in [0.25, 0.3) is 6.08 Å². The van der Waals surface area contributed by atoms with Gasteiger partial charge in [0.25, 0.3) is 5.60 Å². The van der Waals surface area contributed by atoms with Gasteiger partial charge in [0.15, 0.2) is 6.10 Å². The summed E-state index contributed by atoms with van der Waals surface area (Å²) in [5.41, 5.74) is -6.36. The third kappa shape index (κ3) is 6.24. The van der Waals surface area contributed by atoms with E-state index in [1.807, 2.05) is 49.4 Å². The van der Waals surface area contributed by atoms with Crippen molar-refractivity contribution in [1.82, 2.24) is 5.32 Å². The summed E-state index contributed by atoms with van der Waals surface area (Å²) < 4.78 is 16.1. The molecule has 3 rings (SSSR count). The normalized spacial score (nSPS) is 32.2. The molecule has 14 nitrogen and oxygen atoms in total. The molecule has 0 aliphatic carbocycles. The summed E-state index contributed by atoms with van der Waals surface area (Å²) in [4.78, 5) is 49.7. The first kappa shape index (κ1) is 33.9. The molecule has 14 heteroatoms. The second-order valence-electron chi connectivity index (χ2n) is 11.5. The molecule has 238 valence electrons. The van der Waals surface area contributed by atoms with Crippen LogP contribution in [0.3, 0.4) is 0 Å². The number of hydrogen-bond donors (Lipinski definition) is 7. The second kappa shape index (κ2) is 13.0. The first-order valence-corrected chi connectivity index (χ1v) is 13.9.